The smallest absolute Gasteiger partial charge is 0.418 e. The number of carbonyl (C=O) groups is 2. The van der Waals surface area contributed by atoms with Crippen molar-refractivity contribution < 1.29 is 32.6 Å². The average Bonchev–Trinajstić information content (AvgIpc) is 2.65. The summed E-state index contributed by atoms with van der Waals surface area (Å²) >= 11 is 0. The van der Waals surface area contributed by atoms with Gasteiger partial charge in [-0.05, 0) is 42.8 Å². The maximum atomic E-state index is 13.0. The molecule has 0 fully saturated rings. The number of carboxylic acids is 1. The Kier molecular flexibility index (Phi) is 6.62. The van der Waals surface area contributed by atoms with Crippen LogP contribution in [0.2, 0.25) is 0 Å². The van der Waals surface area contributed by atoms with Crippen LogP contribution in [0.1, 0.15) is 18.1 Å². The first-order chi connectivity index (χ1) is 13.6. The molecule has 29 heavy (non-hydrogen) atoms. The molecule has 0 bridgehead atoms. The van der Waals surface area contributed by atoms with E-state index in [9.17, 15) is 28.0 Å². The zero-order valence-electron chi connectivity index (χ0n) is 15.0. The molecule has 0 saturated heterocycles. The lowest BCUT2D eigenvalue weighted by atomic mass is 10.1. The van der Waals surface area contributed by atoms with Gasteiger partial charge >= 0.3 is 12.1 Å². The van der Waals surface area contributed by atoms with Crippen molar-refractivity contribution in [1.29, 1.82) is 5.26 Å². The first kappa shape index (κ1) is 21.5. The molecule has 0 spiro atoms. The van der Waals surface area contributed by atoms with Gasteiger partial charge in [0.05, 0.1) is 11.3 Å². The zero-order valence-corrected chi connectivity index (χ0v) is 15.0. The monoisotopic (exact) mass is 404 g/mol. The topological polar surface area (TPSA) is 99.4 Å². The number of carbonyl (C=O) groups excluding carboxylic acids is 1. The number of benzene rings is 2. The lowest BCUT2D eigenvalue weighted by Gasteiger charge is -2.13. The molecular formula is C20H15F3N2O4. The predicted octanol–water partition coefficient (Wildman–Crippen LogP) is 4.10. The van der Waals surface area contributed by atoms with Gasteiger partial charge < -0.3 is 15.2 Å². The second-order valence-corrected chi connectivity index (χ2v) is 5.84. The summed E-state index contributed by atoms with van der Waals surface area (Å²) in [6.45, 7) is 1.33. The van der Waals surface area contributed by atoms with Gasteiger partial charge in [0, 0.05) is 0 Å². The molecule has 150 valence electrons. The first-order valence-corrected chi connectivity index (χ1v) is 8.20. The Bertz CT molecular complexity index is 994. The van der Waals surface area contributed by atoms with Crippen LogP contribution in [0.4, 0.5) is 18.9 Å². The molecule has 0 aliphatic carbocycles. The third kappa shape index (κ3) is 5.84. The number of nitriles is 1. The normalized spacial score (nSPS) is 12.6. The van der Waals surface area contributed by atoms with Crippen LogP contribution in [0.5, 0.6) is 5.75 Å². The van der Waals surface area contributed by atoms with Gasteiger partial charge in [0.15, 0.2) is 6.10 Å². The molecule has 2 aromatic carbocycles. The average molecular weight is 404 g/mol. The molecule has 0 heterocycles. The number of aliphatic carboxylic acids is 1. The number of alkyl halides is 3. The van der Waals surface area contributed by atoms with Gasteiger partial charge in [-0.3, -0.25) is 4.79 Å². The number of carboxylic acid groups (broad SMARTS) is 1. The number of anilines is 1. The highest BCUT2D eigenvalue weighted by Gasteiger charge is 2.33. The van der Waals surface area contributed by atoms with E-state index < -0.39 is 41.0 Å². The molecule has 1 unspecified atom stereocenters. The largest absolute Gasteiger partial charge is 0.479 e. The predicted molar refractivity (Wildman–Crippen MR) is 97.8 cm³/mol. The van der Waals surface area contributed by atoms with Crippen LogP contribution in [0.15, 0.2) is 54.1 Å². The fraction of sp³-hybridized carbons (Fsp3) is 0.150. The lowest BCUT2D eigenvalue weighted by Crippen LogP contribution is -2.22. The van der Waals surface area contributed by atoms with E-state index in [1.54, 1.807) is 6.07 Å². The number of hydrogen-bond donors (Lipinski definition) is 2. The van der Waals surface area contributed by atoms with E-state index in [1.807, 2.05) is 0 Å². The molecule has 6 nitrogen and oxygen atoms in total. The summed E-state index contributed by atoms with van der Waals surface area (Å²) in [5.74, 6) is -2.01. The minimum Gasteiger partial charge on any atom is -0.479 e. The second-order valence-electron chi connectivity index (χ2n) is 5.84. The van der Waals surface area contributed by atoms with E-state index in [4.69, 9.17) is 9.84 Å². The summed E-state index contributed by atoms with van der Waals surface area (Å²) in [4.78, 5) is 23.2. The number of rotatable bonds is 6. The Balaban J connectivity index is 2.26. The van der Waals surface area contributed by atoms with Crippen LogP contribution in [0.3, 0.4) is 0 Å². The molecule has 2 rings (SSSR count). The standard InChI is InChI=1S/C20H15F3N2O4/c1-12(19(27)28)29-15-6-4-5-13(10-15)9-14(11-24)18(26)25-17-8-3-2-7-16(17)20(21,22)23/h2-10,12H,1H3,(H,25,26)(H,27,28)/b14-9-. The molecule has 2 aromatic rings. The number of amides is 1. The Hall–Kier alpha value is -3.80. The van der Waals surface area contributed by atoms with Crippen molar-refractivity contribution in [1.82, 2.24) is 0 Å². The van der Waals surface area contributed by atoms with Crippen LogP contribution in [-0.4, -0.2) is 23.1 Å². The van der Waals surface area contributed by atoms with E-state index in [2.05, 4.69) is 5.32 Å². The number of para-hydroxylation sites is 1. The number of nitrogens with one attached hydrogen (secondary N) is 1. The Morgan fingerprint density at radius 3 is 2.52 bits per heavy atom. The highest BCUT2D eigenvalue weighted by Crippen LogP contribution is 2.34. The van der Waals surface area contributed by atoms with Crippen molar-refractivity contribution >= 4 is 23.6 Å². The number of ether oxygens (including phenoxy) is 1. The summed E-state index contributed by atoms with van der Waals surface area (Å²) in [6, 6.07) is 12.0. The minimum absolute atomic E-state index is 0.189. The van der Waals surface area contributed by atoms with Gasteiger partial charge in [0.1, 0.15) is 17.4 Å². The first-order valence-electron chi connectivity index (χ1n) is 8.20. The van der Waals surface area contributed by atoms with E-state index in [-0.39, 0.29) is 5.75 Å². The summed E-state index contributed by atoms with van der Waals surface area (Å²) in [6.07, 6.45) is -4.64. The molecule has 0 aromatic heterocycles. The van der Waals surface area contributed by atoms with E-state index >= 15 is 0 Å². The molecular weight excluding hydrogens is 389 g/mol. The maximum absolute atomic E-state index is 13.0. The lowest BCUT2D eigenvalue weighted by molar-refractivity contribution is -0.144. The highest BCUT2D eigenvalue weighted by atomic mass is 19.4. The summed E-state index contributed by atoms with van der Waals surface area (Å²) in [7, 11) is 0. The van der Waals surface area contributed by atoms with Crippen molar-refractivity contribution in [2.24, 2.45) is 0 Å². The van der Waals surface area contributed by atoms with Crippen molar-refractivity contribution in [3.05, 3.63) is 65.2 Å². The van der Waals surface area contributed by atoms with Gasteiger partial charge in [-0.1, -0.05) is 24.3 Å². The quantitative estimate of drug-likeness (QED) is 0.558. The van der Waals surface area contributed by atoms with E-state index in [0.717, 1.165) is 18.2 Å². The molecule has 1 amide bonds. The summed E-state index contributed by atoms with van der Waals surface area (Å²) < 4.78 is 44.3. The second kappa shape index (κ2) is 8.93. The molecule has 9 heteroatoms. The number of nitrogens with zero attached hydrogens (tertiary/aromatic N) is 1. The highest BCUT2D eigenvalue weighted by molar-refractivity contribution is 6.10. The molecule has 0 aliphatic heterocycles. The number of hydrogen-bond acceptors (Lipinski definition) is 4. The van der Waals surface area contributed by atoms with Gasteiger partial charge in [-0.25, -0.2) is 4.79 Å². The van der Waals surface area contributed by atoms with Crippen LogP contribution < -0.4 is 10.1 Å². The SMILES string of the molecule is CC(Oc1cccc(/C=C(/C#N)C(=O)Nc2ccccc2C(F)(F)F)c1)C(=O)O. The third-order valence-electron chi connectivity index (χ3n) is 3.68. The zero-order chi connectivity index (χ0) is 21.6. The van der Waals surface area contributed by atoms with Crippen LogP contribution in [0.25, 0.3) is 6.08 Å². The molecule has 0 saturated carbocycles. The summed E-state index contributed by atoms with van der Waals surface area (Å²) in [5, 5.41) is 20.2. The Morgan fingerprint density at radius 1 is 1.21 bits per heavy atom. The van der Waals surface area contributed by atoms with E-state index in [1.165, 1.54) is 43.3 Å². The van der Waals surface area contributed by atoms with Crippen LogP contribution in [-0.2, 0) is 15.8 Å². The van der Waals surface area contributed by atoms with Crippen molar-refractivity contribution in [3.63, 3.8) is 0 Å². The van der Waals surface area contributed by atoms with Gasteiger partial charge in [-0.15, -0.1) is 0 Å². The third-order valence-corrected chi connectivity index (χ3v) is 3.68. The molecule has 1 atom stereocenters. The molecule has 0 aliphatic rings. The van der Waals surface area contributed by atoms with Gasteiger partial charge in [0.2, 0.25) is 0 Å². The van der Waals surface area contributed by atoms with E-state index in [0.29, 0.717) is 5.56 Å². The maximum Gasteiger partial charge on any atom is 0.418 e. The van der Waals surface area contributed by atoms with Crippen LogP contribution in [0, 0.1) is 11.3 Å². The van der Waals surface area contributed by atoms with Gasteiger partial charge in [0.25, 0.3) is 5.91 Å². The summed E-state index contributed by atoms with van der Waals surface area (Å²) in [5.41, 5.74) is -1.62. The van der Waals surface area contributed by atoms with Crippen molar-refractivity contribution in [3.8, 4) is 11.8 Å². The Morgan fingerprint density at radius 2 is 1.90 bits per heavy atom. The van der Waals surface area contributed by atoms with Crippen LogP contribution >= 0.6 is 0 Å². The molecule has 0 radical (unpaired) electrons. The molecule has 2 N–H and O–H groups in total. The Labute approximate surface area is 163 Å². The fourth-order valence-corrected chi connectivity index (χ4v) is 2.28. The van der Waals surface area contributed by atoms with Crippen molar-refractivity contribution in [2.75, 3.05) is 5.32 Å². The van der Waals surface area contributed by atoms with Gasteiger partial charge in [-0.2, -0.15) is 18.4 Å². The minimum atomic E-state index is -4.67. The number of halogens is 3. The van der Waals surface area contributed by atoms with Crippen molar-refractivity contribution in [2.45, 2.75) is 19.2 Å². The fourth-order valence-electron chi connectivity index (χ4n) is 2.28.